The molecule has 0 aromatic carbocycles. The molecule has 1 aliphatic rings. The summed E-state index contributed by atoms with van der Waals surface area (Å²) in [5.74, 6) is 0. The summed E-state index contributed by atoms with van der Waals surface area (Å²) in [6.45, 7) is 4.49. The van der Waals surface area contributed by atoms with Gasteiger partial charge in [-0.2, -0.15) is 0 Å². The number of anilines is 1. The fraction of sp³-hybridized carbons (Fsp3) is 0.769. The first-order valence-electron chi connectivity index (χ1n) is 6.57. The van der Waals surface area contributed by atoms with E-state index in [1.54, 1.807) is 0 Å². The standard InChI is InChI=1S/C13H23N3S/c1-5-9(2)16(4)13-15-11-8-6-7-10(14-3)12(11)17-13/h9-10,14H,5-8H2,1-4H3. The maximum Gasteiger partial charge on any atom is 0.185 e. The number of nitrogens with zero attached hydrogens (tertiary/aromatic N) is 2. The normalized spacial score (nSPS) is 21.1. The van der Waals surface area contributed by atoms with Crippen LogP contribution >= 0.6 is 11.3 Å². The number of rotatable bonds is 4. The molecule has 1 aromatic rings. The maximum absolute atomic E-state index is 4.82. The number of thiazole rings is 1. The lowest BCUT2D eigenvalue weighted by atomic mass is 9.98. The summed E-state index contributed by atoms with van der Waals surface area (Å²) in [6.07, 6.45) is 4.82. The highest BCUT2D eigenvalue weighted by Gasteiger charge is 2.25. The van der Waals surface area contributed by atoms with Crippen LogP contribution in [0.5, 0.6) is 0 Å². The average molecular weight is 253 g/mol. The Balaban J connectivity index is 2.24. The Morgan fingerprint density at radius 3 is 3.00 bits per heavy atom. The number of hydrogen-bond donors (Lipinski definition) is 1. The third-order valence-corrected chi connectivity index (χ3v) is 5.14. The maximum atomic E-state index is 4.82. The van der Waals surface area contributed by atoms with Gasteiger partial charge in [-0.3, -0.25) is 0 Å². The molecular formula is C13H23N3S. The van der Waals surface area contributed by atoms with Crippen molar-refractivity contribution in [2.75, 3.05) is 19.0 Å². The van der Waals surface area contributed by atoms with Crippen LogP contribution in [0.15, 0.2) is 0 Å². The third-order valence-electron chi connectivity index (χ3n) is 3.84. The molecule has 1 aromatic heterocycles. The fourth-order valence-electron chi connectivity index (χ4n) is 2.30. The lowest BCUT2D eigenvalue weighted by molar-refractivity contribution is 0.501. The van der Waals surface area contributed by atoms with Crippen LogP contribution in [0.3, 0.4) is 0 Å². The Hall–Kier alpha value is -0.610. The molecule has 17 heavy (non-hydrogen) atoms. The topological polar surface area (TPSA) is 28.2 Å². The van der Waals surface area contributed by atoms with Gasteiger partial charge in [0, 0.05) is 24.0 Å². The highest BCUT2D eigenvalue weighted by atomic mass is 32.1. The number of fused-ring (bicyclic) bond motifs is 1. The van der Waals surface area contributed by atoms with Gasteiger partial charge in [0.25, 0.3) is 0 Å². The summed E-state index contributed by atoms with van der Waals surface area (Å²) >= 11 is 1.87. The molecule has 3 nitrogen and oxygen atoms in total. The number of aromatic nitrogens is 1. The van der Waals surface area contributed by atoms with E-state index in [0.29, 0.717) is 12.1 Å². The second-order valence-electron chi connectivity index (χ2n) is 4.91. The van der Waals surface area contributed by atoms with Gasteiger partial charge in [0.1, 0.15) is 0 Å². The van der Waals surface area contributed by atoms with Crippen LogP contribution in [0.25, 0.3) is 0 Å². The molecule has 0 bridgehead atoms. The van der Waals surface area contributed by atoms with Crippen LogP contribution in [0, 0.1) is 0 Å². The van der Waals surface area contributed by atoms with Gasteiger partial charge >= 0.3 is 0 Å². The second kappa shape index (κ2) is 5.36. The molecule has 1 aliphatic carbocycles. The zero-order chi connectivity index (χ0) is 12.4. The van der Waals surface area contributed by atoms with Crippen LogP contribution in [-0.2, 0) is 6.42 Å². The van der Waals surface area contributed by atoms with Crippen LogP contribution in [0.1, 0.15) is 49.7 Å². The first-order valence-corrected chi connectivity index (χ1v) is 7.38. The van der Waals surface area contributed by atoms with Crippen molar-refractivity contribution in [2.45, 2.75) is 51.6 Å². The molecule has 2 unspecified atom stereocenters. The van der Waals surface area contributed by atoms with Gasteiger partial charge in [-0.1, -0.05) is 18.3 Å². The van der Waals surface area contributed by atoms with Gasteiger partial charge in [-0.05, 0) is 39.7 Å². The van der Waals surface area contributed by atoms with E-state index in [4.69, 9.17) is 4.98 Å². The SMILES string of the molecule is CCC(C)N(C)c1nc2c(s1)C(NC)CCC2. The highest BCUT2D eigenvalue weighted by Crippen LogP contribution is 2.37. The Bertz CT molecular complexity index is 375. The van der Waals surface area contributed by atoms with Crippen LogP contribution in [0.4, 0.5) is 5.13 Å². The fourth-order valence-corrected chi connectivity index (χ4v) is 3.62. The van der Waals surface area contributed by atoms with E-state index in [9.17, 15) is 0 Å². The average Bonchev–Trinajstić information content (AvgIpc) is 2.80. The van der Waals surface area contributed by atoms with Gasteiger partial charge in [-0.25, -0.2) is 4.98 Å². The van der Waals surface area contributed by atoms with Crippen molar-refractivity contribution in [1.82, 2.24) is 10.3 Å². The highest BCUT2D eigenvalue weighted by molar-refractivity contribution is 7.15. The Labute approximate surface area is 108 Å². The number of hydrogen-bond acceptors (Lipinski definition) is 4. The van der Waals surface area contributed by atoms with E-state index in [-0.39, 0.29) is 0 Å². The Kier molecular flexibility index (Phi) is 4.05. The first kappa shape index (κ1) is 12.8. The molecule has 0 saturated carbocycles. The van der Waals surface area contributed by atoms with Crippen LogP contribution < -0.4 is 10.2 Å². The minimum atomic E-state index is 0.523. The van der Waals surface area contributed by atoms with Gasteiger partial charge in [0.05, 0.1) is 5.69 Å². The second-order valence-corrected chi connectivity index (χ2v) is 5.92. The summed E-state index contributed by atoms with van der Waals surface area (Å²) in [5, 5.41) is 4.59. The largest absolute Gasteiger partial charge is 0.348 e. The van der Waals surface area contributed by atoms with Crippen LogP contribution in [0.2, 0.25) is 0 Å². The molecule has 0 aliphatic heterocycles. The molecule has 0 saturated heterocycles. The van der Waals surface area contributed by atoms with Crippen molar-refractivity contribution >= 4 is 16.5 Å². The van der Waals surface area contributed by atoms with Gasteiger partial charge in [-0.15, -0.1) is 0 Å². The van der Waals surface area contributed by atoms with Crippen molar-refractivity contribution in [3.63, 3.8) is 0 Å². The Morgan fingerprint density at radius 2 is 2.35 bits per heavy atom. The van der Waals surface area contributed by atoms with Gasteiger partial charge in [0.15, 0.2) is 5.13 Å². The lowest BCUT2D eigenvalue weighted by Gasteiger charge is -2.22. The van der Waals surface area contributed by atoms with Crippen molar-refractivity contribution < 1.29 is 0 Å². The number of aryl methyl sites for hydroxylation is 1. The van der Waals surface area contributed by atoms with Crippen molar-refractivity contribution in [3.8, 4) is 0 Å². The molecule has 1 heterocycles. The predicted octanol–water partition coefficient (Wildman–Crippen LogP) is 2.97. The van der Waals surface area contributed by atoms with E-state index in [1.165, 1.54) is 28.5 Å². The zero-order valence-electron chi connectivity index (χ0n) is 11.3. The Morgan fingerprint density at radius 1 is 1.59 bits per heavy atom. The van der Waals surface area contributed by atoms with Crippen molar-refractivity contribution in [1.29, 1.82) is 0 Å². The molecule has 0 amide bonds. The summed E-state index contributed by atoms with van der Waals surface area (Å²) < 4.78 is 0. The van der Waals surface area contributed by atoms with Crippen molar-refractivity contribution in [2.24, 2.45) is 0 Å². The van der Waals surface area contributed by atoms with Crippen molar-refractivity contribution in [3.05, 3.63) is 10.6 Å². The molecule has 96 valence electrons. The van der Waals surface area contributed by atoms with E-state index in [2.05, 4.69) is 38.2 Å². The summed E-state index contributed by atoms with van der Waals surface area (Å²) in [5.41, 5.74) is 1.32. The van der Waals surface area contributed by atoms with Crippen LogP contribution in [-0.4, -0.2) is 25.1 Å². The smallest absolute Gasteiger partial charge is 0.185 e. The van der Waals surface area contributed by atoms with E-state index < -0.39 is 0 Å². The zero-order valence-corrected chi connectivity index (χ0v) is 12.1. The lowest BCUT2D eigenvalue weighted by Crippen LogP contribution is -2.27. The molecule has 0 fully saturated rings. The summed E-state index contributed by atoms with van der Waals surface area (Å²) in [7, 11) is 4.21. The predicted molar refractivity (Wildman–Crippen MR) is 75.0 cm³/mol. The monoisotopic (exact) mass is 253 g/mol. The van der Waals surface area contributed by atoms with Gasteiger partial charge in [0.2, 0.25) is 0 Å². The van der Waals surface area contributed by atoms with E-state index in [1.807, 2.05) is 11.3 Å². The third kappa shape index (κ3) is 2.47. The summed E-state index contributed by atoms with van der Waals surface area (Å²) in [4.78, 5) is 8.60. The molecule has 4 heteroatoms. The molecule has 2 rings (SSSR count). The first-order chi connectivity index (χ1) is 8.17. The molecular weight excluding hydrogens is 230 g/mol. The molecule has 0 spiro atoms. The summed E-state index contributed by atoms with van der Waals surface area (Å²) in [6, 6.07) is 1.09. The molecule has 0 radical (unpaired) electrons. The number of nitrogens with one attached hydrogen (secondary N) is 1. The quantitative estimate of drug-likeness (QED) is 0.894. The molecule has 1 N–H and O–H groups in total. The minimum Gasteiger partial charge on any atom is -0.348 e. The minimum absolute atomic E-state index is 0.523. The van der Waals surface area contributed by atoms with E-state index >= 15 is 0 Å². The van der Waals surface area contributed by atoms with Gasteiger partial charge < -0.3 is 10.2 Å². The molecule has 2 atom stereocenters. The van der Waals surface area contributed by atoms with E-state index in [0.717, 1.165) is 12.8 Å².